The van der Waals surface area contributed by atoms with Crippen molar-refractivity contribution in [2.75, 3.05) is 11.9 Å². The van der Waals surface area contributed by atoms with Crippen LogP contribution in [0.5, 0.6) is 0 Å². The first-order chi connectivity index (χ1) is 14.2. The summed E-state index contributed by atoms with van der Waals surface area (Å²) < 4.78 is 28.7. The van der Waals surface area contributed by atoms with Gasteiger partial charge in [0.25, 0.3) is 0 Å². The number of sulfonamides is 1. The van der Waals surface area contributed by atoms with Gasteiger partial charge < -0.3 is 5.32 Å². The Balaban J connectivity index is 1.59. The first-order valence-corrected chi connectivity index (χ1v) is 11.7. The second kappa shape index (κ2) is 9.59. The summed E-state index contributed by atoms with van der Waals surface area (Å²) in [5.74, 6) is -0.0873. The number of benzene rings is 2. The largest absolute Gasteiger partial charge is 0.326 e. The third-order valence-electron chi connectivity index (χ3n) is 4.46. The number of rotatable bonds is 9. The summed E-state index contributed by atoms with van der Waals surface area (Å²) in [4.78, 5) is 12.4. The average molecular weight is 449 g/mol. The standard InChI is InChI=1S/C21H25ClN4O3S/c1-15(2)12-24-30(28,29)14-16-5-3-6-17(11-16)25-21(27)9-10-26-20-8-4-7-19(22)18(20)13-23-26/h3-8,11,13,15,24H,9-10,12,14H2,1-2H3,(H,25,27). The van der Waals surface area contributed by atoms with Crippen molar-refractivity contribution in [1.82, 2.24) is 14.5 Å². The van der Waals surface area contributed by atoms with Crippen LogP contribution in [0.2, 0.25) is 5.02 Å². The van der Waals surface area contributed by atoms with Crippen LogP contribution in [0, 0.1) is 5.92 Å². The molecule has 160 valence electrons. The molecule has 2 aromatic carbocycles. The molecular formula is C21H25ClN4O3S. The van der Waals surface area contributed by atoms with E-state index in [1.165, 1.54) is 0 Å². The molecule has 30 heavy (non-hydrogen) atoms. The van der Waals surface area contributed by atoms with Gasteiger partial charge in [-0.15, -0.1) is 0 Å². The number of hydrogen-bond donors (Lipinski definition) is 2. The second-order valence-electron chi connectivity index (χ2n) is 7.54. The predicted molar refractivity (Wildman–Crippen MR) is 120 cm³/mol. The normalized spacial score (nSPS) is 11.9. The Bertz CT molecular complexity index is 1140. The maximum absolute atomic E-state index is 12.4. The first-order valence-electron chi connectivity index (χ1n) is 9.69. The Morgan fingerprint density at radius 2 is 1.97 bits per heavy atom. The maximum Gasteiger partial charge on any atom is 0.226 e. The number of aryl methyl sites for hydroxylation is 1. The number of halogens is 1. The van der Waals surface area contributed by atoms with Gasteiger partial charge in [0.15, 0.2) is 0 Å². The first kappa shape index (κ1) is 22.3. The zero-order valence-corrected chi connectivity index (χ0v) is 18.5. The SMILES string of the molecule is CC(C)CNS(=O)(=O)Cc1cccc(NC(=O)CCn2ncc3c(Cl)cccc32)c1. The minimum atomic E-state index is -3.42. The zero-order valence-electron chi connectivity index (χ0n) is 16.9. The molecule has 3 rings (SSSR count). The lowest BCUT2D eigenvalue weighted by Crippen LogP contribution is -2.28. The van der Waals surface area contributed by atoms with E-state index in [1.54, 1.807) is 41.2 Å². The molecule has 0 saturated carbocycles. The summed E-state index contributed by atoms with van der Waals surface area (Å²) in [6.07, 6.45) is 1.91. The van der Waals surface area contributed by atoms with Gasteiger partial charge >= 0.3 is 0 Å². The second-order valence-corrected chi connectivity index (χ2v) is 9.75. The molecule has 0 aliphatic heterocycles. The van der Waals surface area contributed by atoms with Crippen LogP contribution in [-0.4, -0.2) is 30.7 Å². The average Bonchev–Trinajstić information content (AvgIpc) is 3.09. The Morgan fingerprint density at radius 3 is 2.73 bits per heavy atom. The predicted octanol–water partition coefficient (Wildman–Crippen LogP) is 3.79. The number of amides is 1. The monoisotopic (exact) mass is 448 g/mol. The van der Waals surface area contributed by atoms with Gasteiger partial charge in [-0.3, -0.25) is 9.48 Å². The smallest absolute Gasteiger partial charge is 0.226 e. The lowest BCUT2D eigenvalue weighted by atomic mass is 10.2. The number of anilines is 1. The van der Waals surface area contributed by atoms with E-state index < -0.39 is 10.0 Å². The maximum atomic E-state index is 12.4. The van der Waals surface area contributed by atoms with Gasteiger partial charge in [-0.05, 0) is 35.7 Å². The molecule has 0 saturated heterocycles. The molecular weight excluding hydrogens is 424 g/mol. The van der Waals surface area contributed by atoms with Gasteiger partial charge in [-0.25, -0.2) is 13.1 Å². The summed E-state index contributed by atoms with van der Waals surface area (Å²) >= 11 is 6.16. The number of carbonyl (C=O) groups is 1. The van der Waals surface area contributed by atoms with E-state index in [9.17, 15) is 13.2 Å². The number of nitrogens with zero attached hydrogens (tertiary/aromatic N) is 2. The number of aromatic nitrogens is 2. The highest BCUT2D eigenvalue weighted by molar-refractivity contribution is 7.88. The molecule has 7 nitrogen and oxygen atoms in total. The van der Waals surface area contributed by atoms with E-state index in [0.29, 0.717) is 29.4 Å². The van der Waals surface area contributed by atoms with Crippen LogP contribution in [0.3, 0.4) is 0 Å². The summed E-state index contributed by atoms with van der Waals surface area (Å²) in [7, 11) is -3.42. The van der Waals surface area contributed by atoms with Gasteiger partial charge in [0.2, 0.25) is 15.9 Å². The molecule has 9 heteroatoms. The van der Waals surface area contributed by atoms with Crippen molar-refractivity contribution in [2.45, 2.75) is 32.6 Å². The van der Waals surface area contributed by atoms with Gasteiger partial charge in [0.05, 0.1) is 29.0 Å². The molecule has 0 aliphatic rings. The molecule has 1 heterocycles. The minimum absolute atomic E-state index is 0.135. The minimum Gasteiger partial charge on any atom is -0.326 e. The fraction of sp³-hybridized carbons (Fsp3) is 0.333. The summed E-state index contributed by atoms with van der Waals surface area (Å²) in [6.45, 7) is 4.69. The Morgan fingerprint density at radius 1 is 1.20 bits per heavy atom. The van der Waals surface area contributed by atoms with Crippen LogP contribution < -0.4 is 10.0 Å². The van der Waals surface area contributed by atoms with Crippen LogP contribution in [-0.2, 0) is 27.1 Å². The van der Waals surface area contributed by atoms with Gasteiger partial charge in [0, 0.05) is 24.0 Å². The molecule has 0 unspecified atom stereocenters. The third kappa shape index (κ3) is 6.04. The number of fused-ring (bicyclic) bond motifs is 1. The van der Waals surface area contributed by atoms with E-state index in [0.717, 1.165) is 10.9 Å². The molecule has 2 N–H and O–H groups in total. The molecule has 0 atom stereocenters. The van der Waals surface area contributed by atoms with E-state index in [-0.39, 0.29) is 24.0 Å². The van der Waals surface area contributed by atoms with Crippen molar-refractivity contribution in [3.8, 4) is 0 Å². The molecule has 0 bridgehead atoms. The fourth-order valence-electron chi connectivity index (χ4n) is 2.98. The summed E-state index contributed by atoms with van der Waals surface area (Å²) in [5.41, 5.74) is 2.04. The zero-order chi connectivity index (χ0) is 21.7. The lowest BCUT2D eigenvalue weighted by molar-refractivity contribution is -0.116. The number of nitrogens with one attached hydrogen (secondary N) is 2. The third-order valence-corrected chi connectivity index (χ3v) is 6.11. The van der Waals surface area contributed by atoms with Crippen LogP contribution in [0.15, 0.2) is 48.7 Å². The van der Waals surface area contributed by atoms with E-state index in [1.807, 2.05) is 26.0 Å². The Kier molecular flexibility index (Phi) is 7.12. The van der Waals surface area contributed by atoms with Gasteiger partial charge in [-0.2, -0.15) is 5.10 Å². The van der Waals surface area contributed by atoms with E-state index in [4.69, 9.17) is 11.6 Å². The topological polar surface area (TPSA) is 93.1 Å². The molecule has 0 fully saturated rings. The van der Waals surface area contributed by atoms with Crippen molar-refractivity contribution >= 4 is 44.1 Å². The molecule has 0 radical (unpaired) electrons. The molecule has 1 amide bonds. The van der Waals surface area contributed by atoms with Crippen molar-refractivity contribution < 1.29 is 13.2 Å². The Hall–Kier alpha value is -2.42. The number of carbonyl (C=O) groups excluding carboxylic acids is 1. The van der Waals surface area contributed by atoms with E-state index >= 15 is 0 Å². The molecule has 3 aromatic rings. The number of hydrogen-bond acceptors (Lipinski definition) is 4. The lowest BCUT2D eigenvalue weighted by Gasteiger charge is -2.10. The summed E-state index contributed by atoms with van der Waals surface area (Å²) in [5, 5.41) is 8.59. The highest BCUT2D eigenvalue weighted by Gasteiger charge is 2.13. The van der Waals surface area contributed by atoms with Gasteiger partial charge in [0.1, 0.15) is 0 Å². The molecule has 1 aromatic heterocycles. The Labute approximate surface area is 181 Å². The van der Waals surface area contributed by atoms with Crippen molar-refractivity contribution in [1.29, 1.82) is 0 Å². The fourth-order valence-corrected chi connectivity index (χ4v) is 4.51. The van der Waals surface area contributed by atoms with Crippen molar-refractivity contribution in [3.05, 3.63) is 59.2 Å². The molecule has 0 aliphatic carbocycles. The highest BCUT2D eigenvalue weighted by Crippen LogP contribution is 2.23. The van der Waals surface area contributed by atoms with Crippen LogP contribution in [0.4, 0.5) is 5.69 Å². The van der Waals surface area contributed by atoms with E-state index in [2.05, 4.69) is 15.1 Å². The van der Waals surface area contributed by atoms with Gasteiger partial charge in [-0.1, -0.05) is 43.6 Å². The van der Waals surface area contributed by atoms with Crippen molar-refractivity contribution in [2.24, 2.45) is 5.92 Å². The van der Waals surface area contributed by atoms with Crippen LogP contribution in [0.1, 0.15) is 25.8 Å². The van der Waals surface area contributed by atoms with Crippen molar-refractivity contribution in [3.63, 3.8) is 0 Å². The quantitative estimate of drug-likeness (QED) is 0.520. The summed E-state index contributed by atoms with van der Waals surface area (Å²) in [6, 6.07) is 12.4. The molecule has 0 spiro atoms. The van der Waals surface area contributed by atoms with Crippen LogP contribution in [0.25, 0.3) is 10.9 Å². The van der Waals surface area contributed by atoms with Crippen LogP contribution >= 0.6 is 11.6 Å². The highest BCUT2D eigenvalue weighted by atomic mass is 35.5.